The number of sulfonamides is 1. The predicted molar refractivity (Wildman–Crippen MR) is 146 cm³/mol. The minimum atomic E-state index is -4.09. The molecule has 0 bridgehead atoms. The SMILES string of the molecule is O=C(CN(c1cccc(Cl)c1)S(=O)(=O)c1ccc(Cl)cc1)NCc1ccc(OCc2ccc(F)cc2)cc1. The fourth-order valence-corrected chi connectivity index (χ4v) is 5.24. The van der Waals surface area contributed by atoms with Crippen molar-refractivity contribution in [1.82, 2.24) is 5.32 Å². The van der Waals surface area contributed by atoms with Crippen LogP contribution in [-0.2, 0) is 28.0 Å². The minimum absolute atomic E-state index is 0.00842. The first kappa shape index (κ1) is 27.4. The number of halogens is 3. The fourth-order valence-electron chi connectivity index (χ4n) is 3.52. The van der Waals surface area contributed by atoms with Gasteiger partial charge in [-0.2, -0.15) is 0 Å². The molecule has 0 aliphatic carbocycles. The fraction of sp³-hybridized carbons (Fsp3) is 0.107. The van der Waals surface area contributed by atoms with Crippen molar-refractivity contribution in [2.24, 2.45) is 0 Å². The van der Waals surface area contributed by atoms with Gasteiger partial charge >= 0.3 is 0 Å². The molecule has 6 nitrogen and oxygen atoms in total. The van der Waals surface area contributed by atoms with Crippen LogP contribution in [0.2, 0.25) is 10.0 Å². The van der Waals surface area contributed by atoms with E-state index in [0.717, 1.165) is 15.4 Å². The van der Waals surface area contributed by atoms with Gasteiger partial charge in [0.25, 0.3) is 10.0 Å². The molecule has 0 heterocycles. The van der Waals surface area contributed by atoms with Gasteiger partial charge < -0.3 is 10.1 Å². The van der Waals surface area contributed by atoms with Crippen molar-refractivity contribution in [3.05, 3.63) is 124 Å². The topological polar surface area (TPSA) is 75.7 Å². The van der Waals surface area contributed by atoms with Crippen LogP contribution in [0.25, 0.3) is 0 Å². The molecular formula is C28H23Cl2FN2O4S. The van der Waals surface area contributed by atoms with Gasteiger partial charge in [0.15, 0.2) is 0 Å². The first-order valence-corrected chi connectivity index (χ1v) is 13.7. The molecule has 0 atom stereocenters. The van der Waals surface area contributed by atoms with Gasteiger partial charge in [0.05, 0.1) is 10.6 Å². The summed E-state index contributed by atoms with van der Waals surface area (Å²) in [6, 6.07) is 25.1. The number of benzene rings is 4. The Hall–Kier alpha value is -3.59. The number of anilines is 1. The van der Waals surface area contributed by atoms with Crippen molar-refractivity contribution < 1.29 is 22.3 Å². The Bertz CT molecular complexity index is 1500. The molecule has 0 spiro atoms. The molecule has 0 saturated carbocycles. The molecule has 1 N–H and O–H groups in total. The van der Waals surface area contributed by atoms with E-state index in [2.05, 4.69) is 5.32 Å². The third kappa shape index (κ3) is 7.25. The number of nitrogens with zero attached hydrogens (tertiary/aromatic N) is 1. The van der Waals surface area contributed by atoms with Gasteiger partial charge in [-0.25, -0.2) is 12.8 Å². The molecule has 0 aliphatic heterocycles. The highest BCUT2D eigenvalue weighted by Gasteiger charge is 2.27. The lowest BCUT2D eigenvalue weighted by Crippen LogP contribution is -2.40. The number of ether oxygens (including phenoxy) is 1. The molecule has 38 heavy (non-hydrogen) atoms. The summed E-state index contributed by atoms with van der Waals surface area (Å²) in [5, 5.41) is 3.48. The second-order valence-corrected chi connectivity index (χ2v) is 11.0. The summed E-state index contributed by atoms with van der Waals surface area (Å²) in [5.74, 6) is -0.192. The predicted octanol–water partition coefficient (Wildman–Crippen LogP) is 6.22. The zero-order valence-corrected chi connectivity index (χ0v) is 22.3. The zero-order chi connectivity index (χ0) is 27.1. The molecular weight excluding hydrogens is 550 g/mol. The Kier molecular flexibility index (Phi) is 8.89. The van der Waals surface area contributed by atoms with Gasteiger partial charge in [0, 0.05) is 16.6 Å². The molecule has 4 aromatic carbocycles. The molecule has 0 radical (unpaired) electrons. The summed E-state index contributed by atoms with van der Waals surface area (Å²) < 4.78 is 46.6. The van der Waals surface area contributed by atoms with Crippen molar-refractivity contribution in [2.45, 2.75) is 18.0 Å². The van der Waals surface area contributed by atoms with Crippen LogP contribution in [0.3, 0.4) is 0 Å². The summed E-state index contributed by atoms with van der Waals surface area (Å²) in [7, 11) is -4.09. The second kappa shape index (κ2) is 12.3. The van der Waals surface area contributed by atoms with Crippen molar-refractivity contribution in [2.75, 3.05) is 10.8 Å². The van der Waals surface area contributed by atoms with Crippen LogP contribution < -0.4 is 14.4 Å². The summed E-state index contributed by atoms with van der Waals surface area (Å²) in [6.45, 7) is 0.0173. The number of rotatable bonds is 10. The van der Waals surface area contributed by atoms with Crippen LogP contribution in [0.1, 0.15) is 11.1 Å². The molecule has 1 amide bonds. The van der Waals surface area contributed by atoms with E-state index < -0.39 is 22.5 Å². The maximum atomic E-state index is 13.4. The van der Waals surface area contributed by atoms with Crippen molar-refractivity contribution >= 4 is 44.8 Å². The van der Waals surface area contributed by atoms with Gasteiger partial charge in [-0.3, -0.25) is 9.10 Å². The smallest absolute Gasteiger partial charge is 0.264 e. The van der Waals surface area contributed by atoms with E-state index in [1.807, 2.05) is 0 Å². The monoisotopic (exact) mass is 572 g/mol. The van der Waals surface area contributed by atoms with Crippen molar-refractivity contribution in [3.8, 4) is 5.75 Å². The van der Waals surface area contributed by atoms with Crippen LogP contribution in [0, 0.1) is 5.82 Å². The first-order valence-electron chi connectivity index (χ1n) is 11.5. The third-order valence-electron chi connectivity index (χ3n) is 5.52. The van der Waals surface area contributed by atoms with E-state index in [0.29, 0.717) is 15.8 Å². The molecule has 0 fully saturated rings. The number of hydrogen-bond donors (Lipinski definition) is 1. The first-order chi connectivity index (χ1) is 18.2. The van der Waals surface area contributed by atoms with Gasteiger partial charge in [0.1, 0.15) is 24.7 Å². The lowest BCUT2D eigenvalue weighted by molar-refractivity contribution is -0.119. The van der Waals surface area contributed by atoms with Gasteiger partial charge in [0.2, 0.25) is 5.91 Å². The van der Waals surface area contributed by atoms with E-state index >= 15 is 0 Å². The molecule has 0 unspecified atom stereocenters. The van der Waals surface area contributed by atoms with Crippen molar-refractivity contribution in [3.63, 3.8) is 0 Å². The van der Waals surface area contributed by atoms with E-state index in [9.17, 15) is 17.6 Å². The van der Waals surface area contributed by atoms with E-state index in [1.54, 1.807) is 54.6 Å². The van der Waals surface area contributed by atoms with Gasteiger partial charge in [-0.1, -0.05) is 53.5 Å². The summed E-state index contributed by atoms with van der Waals surface area (Å²) in [5.41, 5.74) is 1.88. The molecule has 0 saturated heterocycles. The number of carbonyl (C=O) groups is 1. The largest absolute Gasteiger partial charge is 0.489 e. The summed E-state index contributed by atoms with van der Waals surface area (Å²) in [4.78, 5) is 12.8. The van der Waals surface area contributed by atoms with E-state index in [1.165, 1.54) is 42.5 Å². The van der Waals surface area contributed by atoms with Crippen LogP contribution in [0.4, 0.5) is 10.1 Å². The number of hydrogen-bond acceptors (Lipinski definition) is 4. The Balaban J connectivity index is 1.40. The molecule has 196 valence electrons. The average molecular weight is 573 g/mol. The molecule has 4 rings (SSSR count). The number of amides is 1. The maximum absolute atomic E-state index is 13.4. The van der Waals surface area contributed by atoms with Crippen LogP contribution in [0.5, 0.6) is 5.75 Å². The third-order valence-corrected chi connectivity index (χ3v) is 7.79. The summed E-state index contributed by atoms with van der Waals surface area (Å²) >= 11 is 12.0. The maximum Gasteiger partial charge on any atom is 0.264 e. The van der Waals surface area contributed by atoms with E-state index in [4.69, 9.17) is 27.9 Å². The summed E-state index contributed by atoms with van der Waals surface area (Å²) in [6.07, 6.45) is 0. The molecule has 10 heteroatoms. The Morgan fingerprint density at radius 1 is 0.842 bits per heavy atom. The number of nitrogens with one attached hydrogen (secondary N) is 1. The average Bonchev–Trinajstić information content (AvgIpc) is 2.91. The lowest BCUT2D eigenvalue weighted by atomic mass is 10.2. The highest BCUT2D eigenvalue weighted by Crippen LogP contribution is 2.27. The number of carbonyl (C=O) groups excluding carboxylic acids is 1. The highest BCUT2D eigenvalue weighted by molar-refractivity contribution is 7.92. The second-order valence-electron chi connectivity index (χ2n) is 8.28. The van der Waals surface area contributed by atoms with Crippen molar-refractivity contribution in [1.29, 1.82) is 0 Å². The Morgan fingerprint density at radius 2 is 1.50 bits per heavy atom. The molecule has 0 aromatic heterocycles. The van der Waals surface area contributed by atoms with Crippen LogP contribution in [0.15, 0.2) is 102 Å². The normalized spacial score (nSPS) is 11.1. The van der Waals surface area contributed by atoms with E-state index in [-0.39, 0.29) is 29.6 Å². The van der Waals surface area contributed by atoms with Crippen LogP contribution in [-0.4, -0.2) is 20.9 Å². The Morgan fingerprint density at radius 3 is 2.16 bits per heavy atom. The molecule has 0 aliphatic rings. The lowest BCUT2D eigenvalue weighted by Gasteiger charge is -2.24. The standard InChI is InChI=1S/C28H23Cl2FN2O4S/c29-22-8-14-27(15-9-22)38(35,36)33(25-3-1-2-23(30)16-25)18-28(34)32-17-20-6-12-26(13-7-20)37-19-21-4-10-24(31)11-5-21/h1-16H,17-19H2,(H,32,34). The van der Waals surface area contributed by atoms with Crippen LogP contribution >= 0.6 is 23.2 Å². The molecule has 4 aromatic rings. The zero-order valence-electron chi connectivity index (χ0n) is 20.0. The quantitative estimate of drug-likeness (QED) is 0.244. The van der Waals surface area contributed by atoms with Gasteiger partial charge in [-0.15, -0.1) is 0 Å². The van der Waals surface area contributed by atoms with Gasteiger partial charge in [-0.05, 0) is 77.9 Å². The highest BCUT2D eigenvalue weighted by atomic mass is 35.5. The Labute approximate surface area is 230 Å². The minimum Gasteiger partial charge on any atom is -0.489 e.